The van der Waals surface area contributed by atoms with Gasteiger partial charge in [0, 0.05) is 21.0 Å². The molecule has 0 spiro atoms. The number of amides is 2. The van der Waals surface area contributed by atoms with Crippen LogP contribution in [0.5, 0.6) is 0 Å². The Morgan fingerprint density at radius 3 is 2.53 bits per heavy atom. The fraction of sp³-hybridized carbons (Fsp3) is 0.208. The summed E-state index contributed by atoms with van der Waals surface area (Å²) >= 11 is 7.55. The van der Waals surface area contributed by atoms with Gasteiger partial charge < -0.3 is 10.1 Å². The Morgan fingerprint density at radius 2 is 1.84 bits per heavy atom. The fourth-order valence-electron chi connectivity index (χ4n) is 3.41. The number of carbonyl (C=O) groups is 2. The summed E-state index contributed by atoms with van der Waals surface area (Å²) in [6.45, 7) is 5.63. The second-order valence-corrected chi connectivity index (χ2v) is 9.33. The fourth-order valence-corrected chi connectivity index (χ4v) is 4.60. The highest BCUT2D eigenvalue weighted by Gasteiger charge is 2.40. The molecule has 0 fully saturated rings. The monoisotopic (exact) mass is 467 g/mol. The Kier molecular flexibility index (Phi) is 6.04. The summed E-state index contributed by atoms with van der Waals surface area (Å²) in [6.07, 6.45) is -0.733. The van der Waals surface area contributed by atoms with Gasteiger partial charge in [0.1, 0.15) is 11.6 Å². The number of thiophene rings is 1. The van der Waals surface area contributed by atoms with Crippen molar-refractivity contribution in [3.05, 3.63) is 86.8 Å². The van der Waals surface area contributed by atoms with Gasteiger partial charge in [0.2, 0.25) is 5.66 Å². The van der Waals surface area contributed by atoms with Crippen molar-refractivity contribution in [1.29, 1.82) is 0 Å². The van der Waals surface area contributed by atoms with Gasteiger partial charge in [0.05, 0.1) is 5.71 Å². The molecule has 164 valence electrons. The minimum absolute atomic E-state index is 0.0871. The number of hydrogen-bond donors (Lipinski definition) is 2. The van der Waals surface area contributed by atoms with E-state index in [1.54, 1.807) is 19.1 Å². The average Bonchev–Trinajstić information content (AvgIpc) is 2.99. The largest absolute Gasteiger partial charge is 0.445 e. The van der Waals surface area contributed by atoms with Gasteiger partial charge in [-0.3, -0.25) is 10.1 Å². The van der Waals surface area contributed by atoms with Crippen molar-refractivity contribution in [3.63, 3.8) is 0 Å². The quantitative estimate of drug-likeness (QED) is 0.535. The molecule has 32 heavy (non-hydrogen) atoms. The molecular weight excluding hydrogens is 446 g/mol. The summed E-state index contributed by atoms with van der Waals surface area (Å²) in [4.78, 5) is 31.6. The Morgan fingerprint density at radius 1 is 1.16 bits per heavy atom. The van der Waals surface area contributed by atoms with Gasteiger partial charge in [-0.25, -0.2) is 9.79 Å². The van der Waals surface area contributed by atoms with E-state index in [0.29, 0.717) is 15.7 Å². The number of aliphatic imine (C=N–C) groups is 1. The van der Waals surface area contributed by atoms with E-state index in [9.17, 15) is 9.59 Å². The zero-order chi connectivity index (χ0) is 22.9. The summed E-state index contributed by atoms with van der Waals surface area (Å²) in [5.41, 5.74) is 2.53. The van der Waals surface area contributed by atoms with Gasteiger partial charge in [-0.1, -0.05) is 54.1 Å². The predicted molar refractivity (Wildman–Crippen MR) is 128 cm³/mol. The summed E-state index contributed by atoms with van der Waals surface area (Å²) in [7, 11) is 0. The molecule has 0 bridgehead atoms. The number of nitrogens with one attached hydrogen (secondary N) is 2. The van der Waals surface area contributed by atoms with Crippen LogP contribution in [0.2, 0.25) is 5.02 Å². The number of alkyl carbamates (subject to hydrolysis) is 1. The minimum atomic E-state index is -1.57. The van der Waals surface area contributed by atoms with Gasteiger partial charge in [-0.2, -0.15) is 0 Å². The second kappa shape index (κ2) is 8.76. The molecule has 0 radical (unpaired) electrons. The molecule has 1 aliphatic heterocycles. The maximum Gasteiger partial charge on any atom is 0.409 e. The third-order valence-corrected chi connectivity index (χ3v) is 6.68. The molecule has 1 aromatic heterocycles. The van der Waals surface area contributed by atoms with E-state index in [1.165, 1.54) is 11.3 Å². The van der Waals surface area contributed by atoms with E-state index in [-0.39, 0.29) is 6.61 Å². The number of rotatable bonds is 4. The first-order chi connectivity index (χ1) is 15.3. The molecule has 0 aliphatic carbocycles. The highest BCUT2D eigenvalue weighted by molar-refractivity contribution is 7.17. The van der Waals surface area contributed by atoms with E-state index in [0.717, 1.165) is 27.1 Å². The number of aryl methyl sites for hydroxylation is 1. The van der Waals surface area contributed by atoms with E-state index in [1.807, 2.05) is 56.3 Å². The summed E-state index contributed by atoms with van der Waals surface area (Å²) < 4.78 is 5.33. The van der Waals surface area contributed by atoms with Crippen LogP contribution in [-0.4, -0.2) is 23.4 Å². The first-order valence-electron chi connectivity index (χ1n) is 10.0. The van der Waals surface area contributed by atoms with Crippen LogP contribution in [0.1, 0.15) is 34.1 Å². The lowest BCUT2D eigenvalue weighted by Gasteiger charge is -2.24. The van der Waals surface area contributed by atoms with Crippen molar-refractivity contribution in [3.8, 4) is 0 Å². The summed E-state index contributed by atoms with van der Waals surface area (Å²) in [6, 6.07) is 16.6. The molecular formula is C24H22ClN3O3S. The van der Waals surface area contributed by atoms with E-state index in [2.05, 4.69) is 10.6 Å². The Balaban J connectivity index is 1.69. The third kappa shape index (κ3) is 4.40. The molecule has 0 saturated heterocycles. The average molecular weight is 468 g/mol. The molecule has 2 amide bonds. The summed E-state index contributed by atoms with van der Waals surface area (Å²) in [5.74, 6) is -0.444. The van der Waals surface area contributed by atoms with E-state index >= 15 is 0 Å². The van der Waals surface area contributed by atoms with Crippen LogP contribution in [0.3, 0.4) is 0 Å². The highest BCUT2D eigenvalue weighted by atomic mass is 35.5. The number of ether oxygens (including phenoxy) is 1. The molecule has 4 rings (SSSR count). The number of nitrogens with zero attached hydrogens (tertiary/aromatic N) is 1. The topological polar surface area (TPSA) is 79.8 Å². The first-order valence-corrected chi connectivity index (χ1v) is 11.2. The lowest BCUT2D eigenvalue weighted by Crippen LogP contribution is -2.53. The highest BCUT2D eigenvalue weighted by Crippen LogP contribution is 2.37. The van der Waals surface area contributed by atoms with E-state index in [4.69, 9.17) is 21.3 Å². The third-order valence-electron chi connectivity index (χ3n) is 5.30. The van der Waals surface area contributed by atoms with Crippen LogP contribution < -0.4 is 10.6 Å². The van der Waals surface area contributed by atoms with Crippen molar-refractivity contribution in [2.75, 3.05) is 5.32 Å². The number of carbonyl (C=O) groups excluding carboxylic acids is 2. The predicted octanol–water partition coefficient (Wildman–Crippen LogP) is 5.45. The number of hydrogen-bond acceptors (Lipinski definition) is 5. The molecule has 0 saturated carbocycles. The van der Waals surface area contributed by atoms with Crippen molar-refractivity contribution >= 4 is 45.7 Å². The van der Waals surface area contributed by atoms with Crippen LogP contribution in [0, 0.1) is 13.8 Å². The SMILES string of the molecule is Cc1sc2c(c1C)C(c1ccc(Cl)cc1)=NC(C)(NC(=O)OCc1ccccc1)C(=O)N2. The van der Waals surface area contributed by atoms with Gasteiger partial charge in [-0.05, 0) is 44.0 Å². The molecule has 8 heteroatoms. The molecule has 3 aromatic rings. The molecule has 1 aliphatic rings. The molecule has 2 N–H and O–H groups in total. The minimum Gasteiger partial charge on any atom is -0.445 e. The van der Waals surface area contributed by atoms with E-state index < -0.39 is 17.7 Å². The first kappa shape index (κ1) is 22.0. The Labute approximate surface area is 195 Å². The lowest BCUT2D eigenvalue weighted by atomic mass is 10.00. The maximum atomic E-state index is 13.2. The number of halogens is 1. The smallest absolute Gasteiger partial charge is 0.409 e. The zero-order valence-corrected chi connectivity index (χ0v) is 19.4. The lowest BCUT2D eigenvalue weighted by molar-refractivity contribution is -0.121. The number of anilines is 1. The second-order valence-electron chi connectivity index (χ2n) is 7.67. The summed E-state index contributed by atoms with van der Waals surface area (Å²) in [5, 5.41) is 6.87. The standard InChI is InChI=1S/C24H22ClN3O3S/c1-14-15(2)32-21-19(14)20(17-9-11-18(25)12-10-17)27-24(3,22(29)26-21)28-23(30)31-13-16-7-5-4-6-8-16/h4-12H,13H2,1-3H3,(H,26,29)(H,28,30). The van der Waals surface area contributed by atoms with Crippen molar-refractivity contribution in [2.24, 2.45) is 4.99 Å². The van der Waals surface area contributed by atoms with Crippen molar-refractivity contribution in [2.45, 2.75) is 33.0 Å². The van der Waals surface area contributed by atoms with Gasteiger partial charge in [0.25, 0.3) is 5.91 Å². The van der Waals surface area contributed by atoms with Gasteiger partial charge >= 0.3 is 6.09 Å². The van der Waals surface area contributed by atoms with Gasteiger partial charge in [-0.15, -0.1) is 11.3 Å². The van der Waals surface area contributed by atoms with Crippen LogP contribution in [-0.2, 0) is 16.1 Å². The van der Waals surface area contributed by atoms with Crippen LogP contribution in [0.4, 0.5) is 9.80 Å². The normalized spacial score (nSPS) is 17.6. The van der Waals surface area contributed by atoms with Gasteiger partial charge in [0.15, 0.2) is 0 Å². The number of benzene rings is 2. The molecule has 1 unspecified atom stereocenters. The van der Waals surface area contributed by atoms with Crippen molar-refractivity contribution in [1.82, 2.24) is 5.32 Å². The molecule has 6 nitrogen and oxygen atoms in total. The maximum absolute atomic E-state index is 13.2. The van der Waals surface area contributed by atoms with Crippen LogP contribution in [0.25, 0.3) is 0 Å². The number of fused-ring (bicyclic) bond motifs is 1. The zero-order valence-electron chi connectivity index (χ0n) is 17.9. The Hall–Kier alpha value is -3.16. The van der Waals surface area contributed by atoms with Crippen LogP contribution in [0.15, 0.2) is 59.6 Å². The van der Waals surface area contributed by atoms with Crippen molar-refractivity contribution < 1.29 is 14.3 Å². The molecule has 1 atom stereocenters. The van der Waals surface area contributed by atoms with Crippen LogP contribution >= 0.6 is 22.9 Å². The molecule has 2 aromatic carbocycles. The molecule has 2 heterocycles. The Bertz CT molecular complexity index is 1210.